The standard InChI is InChI=1S/C30H30N4O3/c1-29(2,35)22-11-12-26(32-18-22)34-15-13-30(36,14-16-34)25-19-33-27-23(5-4-6-24(27)28(25)37-3)21-9-7-20(17-31)8-10-21/h4-12,18-19,35-36H,13-16H2,1-3H3. The lowest BCUT2D eigenvalue weighted by Crippen LogP contribution is -2.43. The van der Waals surface area contributed by atoms with Gasteiger partial charge in [0, 0.05) is 47.6 Å². The Balaban J connectivity index is 1.44. The quantitative estimate of drug-likeness (QED) is 0.407. The molecule has 0 atom stereocenters. The van der Waals surface area contributed by atoms with Crippen molar-refractivity contribution in [2.75, 3.05) is 25.1 Å². The summed E-state index contributed by atoms with van der Waals surface area (Å²) in [6, 6.07) is 19.3. The van der Waals surface area contributed by atoms with Gasteiger partial charge in [-0.25, -0.2) is 4.98 Å². The number of para-hydroxylation sites is 1. The van der Waals surface area contributed by atoms with Crippen molar-refractivity contribution in [1.29, 1.82) is 5.26 Å². The molecule has 3 heterocycles. The first-order valence-electron chi connectivity index (χ1n) is 12.4. The van der Waals surface area contributed by atoms with E-state index in [9.17, 15) is 10.2 Å². The molecule has 1 fully saturated rings. The van der Waals surface area contributed by atoms with E-state index in [1.165, 1.54) is 0 Å². The molecule has 0 amide bonds. The van der Waals surface area contributed by atoms with Crippen LogP contribution >= 0.6 is 0 Å². The highest BCUT2D eigenvalue weighted by Crippen LogP contribution is 2.43. The highest BCUT2D eigenvalue weighted by Gasteiger charge is 2.38. The van der Waals surface area contributed by atoms with Crippen LogP contribution in [0.5, 0.6) is 5.75 Å². The Morgan fingerprint density at radius 3 is 2.32 bits per heavy atom. The molecule has 2 N–H and O–H groups in total. The molecule has 1 saturated heterocycles. The SMILES string of the molecule is COc1c(C2(O)CCN(c3ccc(C(C)(C)O)cn3)CC2)cnc2c(-c3ccc(C#N)cc3)cccc12. The molecule has 5 rings (SSSR count). The molecule has 0 saturated carbocycles. The number of rotatable bonds is 5. The first-order valence-corrected chi connectivity index (χ1v) is 12.4. The number of ether oxygens (including phenoxy) is 1. The minimum atomic E-state index is -1.08. The second-order valence-electron chi connectivity index (χ2n) is 10.1. The third-order valence-electron chi connectivity index (χ3n) is 7.25. The molecule has 2 aromatic heterocycles. The zero-order valence-corrected chi connectivity index (χ0v) is 21.3. The third kappa shape index (κ3) is 4.62. The van der Waals surface area contributed by atoms with Gasteiger partial charge in [-0.15, -0.1) is 0 Å². The minimum absolute atomic E-state index is 0.501. The van der Waals surface area contributed by atoms with Gasteiger partial charge in [0.15, 0.2) is 0 Å². The van der Waals surface area contributed by atoms with E-state index in [1.54, 1.807) is 45.5 Å². The van der Waals surface area contributed by atoms with Crippen LogP contribution in [-0.4, -0.2) is 40.4 Å². The molecule has 1 aliphatic heterocycles. The molecule has 1 aliphatic rings. The normalized spacial score (nSPS) is 15.4. The number of nitriles is 1. The van der Waals surface area contributed by atoms with Gasteiger partial charge >= 0.3 is 0 Å². The molecule has 188 valence electrons. The zero-order valence-electron chi connectivity index (χ0n) is 21.3. The summed E-state index contributed by atoms with van der Waals surface area (Å²) in [6.45, 7) is 4.72. The molecule has 4 aromatic rings. The average Bonchev–Trinajstić information content (AvgIpc) is 2.92. The predicted octanol–water partition coefficient (Wildman–Crippen LogP) is 4.89. The summed E-state index contributed by atoms with van der Waals surface area (Å²) >= 11 is 0. The van der Waals surface area contributed by atoms with Crippen LogP contribution in [0.1, 0.15) is 43.4 Å². The zero-order chi connectivity index (χ0) is 26.2. The lowest BCUT2D eigenvalue weighted by molar-refractivity contribution is 0.00945. The number of piperidine rings is 1. The van der Waals surface area contributed by atoms with Crippen molar-refractivity contribution in [3.8, 4) is 22.9 Å². The smallest absolute Gasteiger partial charge is 0.135 e. The fourth-order valence-electron chi connectivity index (χ4n) is 5.02. The average molecular weight is 495 g/mol. The summed E-state index contributed by atoms with van der Waals surface area (Å²) in [7, 11) is 1.62. The molecule has 7 nitrogen and oxygen atoms in total. The van der Waals surface area contributed by atoms with Gasteiger partial charge in [0.25, 0.3) is 0 Å². The number of nitrogens with zero attached hydrogens (tertiary/aromatic N) is 4. The maximum absolute atomic E-state index is 11.7. The van der Waals surface area contributed by atoms with Crippen LogP contribution in [0.2, 0.25) is 0 Å². The number of aliphatic hydroxyl groups is 2. The van der Waals surface area contributed by atoms with E-state index in [2.05, 4.69) is 16.0 Å². The van der Waals surface area contributed by atoms with Crippen molar-refractivity contribution in [2.24, 2.45) is 0 Å². The summed E-state index contributed by atoms with van der Waals surface area (Å²) in [6.07, 6.45) is 4.44. The van der Waals surface area contributed by atoms with Crippen LogP contribution in [0, 0.1) is 11.3 Å². The monoisotopic (exact) mass is 494 g/mol. The van der Waals surface area contributed by atoms with Crippen molar-refractivity contribution in [1.82, 2.24) is 9.97 Å². The van der Waals surface area contributed by atoms with Gasteiger partial charge in [0.1, 0.15) is 11.6 Å². The fraction of sp³-hybridized carbons (Fsp3) is 0.300. The van der Waals surface area contributed by atoms with Gasteiger partial charge in [0.2, 0.25) is 0 Å². The van der Waals surface area contributed by atoms with Gasteiger partial charge in [-0.1, -0.05) is 30.3 Å². The first kappa shape index (κ1) is 24.7. The van der Waals surface area contributed by atoms with Gasteiger partial charge in [-0.05, 0) is 56.5 Å². The van der Waals surface area contributed by atoms with Crippen molar-refractivity contribution in [2.45, 2.75) is 37.9 Å². The number of fused-ring (bicyclic) bond motifs is 1. The number of benzene rings is 2. The Kier molecular flexibility index (Phi) is 6.32. The van der Waals surface area contributed by atoms with Crippen molar-refractivity contribution in [3.05, 3.63) is 83.7 Å². The molecule has 2 aromatic carbocycles. The van der Waals surface area contributed by atoms with Gasteiger partial charge in [-0.3, -0.25) is 4.98 Å². The third-order valence-corrected chi connectivity index (χ3v) is 7.25. The molecule has 0 spiro atoms. The minimum Gasteiger partial charge on any atom is -0.496 e. The van der Waals surface area contributed by atoms with Crippen LogP contribution in [0.15, 0.2) is 67.0 Å². The summed E-state index contributed by atoms with van der Waals surface area (Å²) in [5, 5.41) is 31.9. The van der Waals surface area contributed by atoms with Crippen LogP contribution in [-0.2, 0) is 11.2 Å². The lowest BCUT2D eigenvalue weighted by atomic mass is 9.83. The summed E-state index contributed by atoms with van der Waals surface area (Å²) in [5.41, 5.74) is 2.71. The van der Waals surface area contributed by atoms with E-state index < -0.39 is 11.2 Å². The maximum atomic E-state index is 11.7. The number of hydrogen-bond acceptors (Lipinski definition) is 7. The number of pyridine rings is 2. The fourth-order valence-corrected chi connectivity index (χ4v) is 5.02. The molecule has 0 unspecified atom stereocenters. The number of anilines is 1. The Hall–Kier alpha value is -3.99. The van der Waals surface area contributed by atoms with Gasteiger partial charge < -0.3 is 19.8 Å². The van der Waals surface area contributed by atoms with Gasteiger partial charge in [-0.2, -0.15) is 5.26 Å². The summed E-state index contributed by atoms with van der Waals surface area (Å²) < 4.78 is 5.87. The van der Waals surface area contributed by atoms with E-state index in [-0.39, 0.29) is 0 Å². The molecule has 0 bridgehead atoms. The number of methoxy groups -OCH3 is 1. The molecule has 7 heteroatoms. The second kappa shape index (κ2) is 9.47. The van der Waals surface area contributed by atoms with Crippen LogP contribution in [0.3, 0.4) is 0 Å². The van der Waals surface area contributed by atoms with E-state index >= 15 is 0 Å². The van der Waals surface area contributed by atoms with Crippen molar-refractivity contribution >= 4 is 16.7 Å². The maximum Gasteiger partial charge on any atom is 0.135 e. The van der Waals surface area contributed by atoms with Crippen LogP contribution in [0.4, 0.5) is 5.82 Å². The van der Waals surface area contributed by atoms with Crippen molar-refractivity contribution < 1.29 is 14.9 Å². The largest absolute Gasteiger partial charge is 0.496 e. The van der Waals surface area contributed by atoms with Gasteiger partial charge in [0.05, 0.1) is 35.5 Å². The predicted molar refractivity (Wildman–Crippen MR) is 143 cm³/mol. The van der Waals surface area contributed by atoms with Crippen LogP contribution in [0.25, 0.3) is 22.0 Å². The van der Waals surface area contributed by atoms with Crippen LogP contribution < -0.4 is 9.64 Å². The van der Waals surface area contributed by atoms with E-state index in [0.29, 0.717) is 42.8 Å². The van der Waals surface area contributed by atoms with E-state index in [1.807, 2.05) is 42.5 Å². The van der Waals surface area contributed by atoms with E-state index in [4.69, 9.17) is 15.0 Å². The highest BCUT2D eigenvalue weighted by atomic mass is 16.5. The molecular weight excluding hydrogens is 464 g/mol. The molecule has 37 heavy (non-hydrogen) atoms. The number of hydrogen-bond donors (Lipinski definition) is 2. The molecule has 0 radical (unpaired) electrons. The Bertz CT molecular complexity index is 1460. The van der Waals surface area contributed by atoms with E-state index in [0.717, 1.165) is 33.4 Å². The highest BCUT2D eigenvalue weighted by molar-refractivity contribution is 5.97. The first-order chi connectivity index (χ1) is 17.7. The molecular formula is C30H30N4O3. The molecule has 0 aliphatic carbocycles. The second-order valence-corrected chi connectivity index (χ2v) is 10.1. The lowest BCUT2D eigenvalue weighted by Gasteiger charge is -2.39. The Morgan fingerprint density at radius 2 is 1.73 bits per heavy atom. The summed E-state index contributed by atoms with van der Waals surface area (Å²) in [4.78, 5) is 11.5. The Labute approximate surface area is 216 Å². The number of aromatic nitrogens is 2. The van der Waals surface area contributed by atoms with Crippen molar-refractivity contribution in [3.63, 3.8) is 0 Å². The topological polar surface area (TPSA) is 102 Å². The summed E-state index contributed by atoms with van der Waals surface area (Å²) in [5.74, 6) is 1.45. The Morgan fingerprint density at radius 1 is 1.00 bits per heavy atom.